The van der Waals surface area contributed by atoms with E-state index in [1.807, 2.05) is 24.0 Å². The van der Waals surface area contributed by atoms with E-state index < -0.39 is 0 Å². The third-order valence-electron chi connectivity index (χ3n) is 3.70. The van der Waals surface area contributed by atoms with Gasteiger partial charge in [0.25, 0.3) is 0 Å². The zero-order chi connectivity index (χ0) is 17.9. The summed E-state index contributed by atoms with van der Waals surface area (Å²) in [7, 11) is 1.78. The Kier molecular flexibility index (Phi) is 11.3. The predicted molar refractivity (Wildman–Crippen MR) is 120 cm³/mol. The molecule has 0 unspecified atom stereocenters. The number of benzene rings is 1. The average molecular weight is 491 g/mol. The van der Waals surface area contributed by atoms with Gasteiger partial charge in [-0.05, 0) is 55.2 Å². The van der Waals surface area contributed by atoms with Crippen LogP contribution >= 0.6 is 35.7 Å². The first-order valence-corrected chi connectivity index (χ1v) is 9.86. The summed E-state index contributed by atoms with van der Waals surface area (Å²) >= 11 is 1.88. The van der Waals surface area contributed by atoms with Crippen LogP contribution in [0.15, 0.2) is 41.5 Å². The zero-order valence-electron chi connectivity index (χ0n) is 15.2. The van der Waals surface area contributed by atoms with Gasteiger partial charge >= 0.3 is 0 Å². The van der Waals surface area contributed by atoms with Crippen LogP contribution in [0.5, 0.6) is 0 Å². The van der Waals surface area contributed by atoms with Crippen molar-refractivity contribution < 1.29 is 4.39 Å². The number of thioether (sulfide) groups is 1. The third kappa shape index (κ3) is 7.94. The maximum absolute atomic E-state index is 13.0. The van der Waals surface area contributed by atoms with Crippen molar-refractivity contribution in [3.8, 4) is 5.69 Å². The molecular weight excluding hydrogens is 464 g/mol. The van der Waals surface area contributed by atoms with Crippen molar-refractivity contribution in [2.75, 3.05) is 32.1 Å². The van der Waals surface area contributed by atoms with Crippen LogP contribution in [0.1, 0.15) is 18.5 Å². The molecule has 0 saturated heterocycles. The fraction of sp³-hybridized carbons (Fsp3) is 0.444. The van der Waals surface area contributed by atoms with Crippen molar-refractivity contribution in [3.05, 3.63) is 48.0 Å². The van der Waals surface area contributed by atoms with Crippen molar-refractivity contribution in [2.45, 2.75) is 19.3 Å². The van der Waals surface area contributed by atoms with E-state index in [2.05, 4.69) is 27.0 Å². The lowest BCUT2D eigenvalue weighted by atomic mass is 10.3. The smallest absolute Gasteiger partial charge is 0.190 e. The van der Waals surface area contributed by atoms with Gasteiger partial charge in [-0.25, -0.2) is 9.07 Å². The van der Waals surface area contributed by atoms with Gasteiger partial charge < -0.3 is 10.6 Å². The molecule has 0 saturated carbocycles. The third-order valence-corrected chi connectivity index (χ3v) is 4.40. The van der Waals surface area contributed by atoms with Crippen LogP contribution in [-0.2, 0) is 6.42 Å². The highest BCUT2D eigenvalue weighted by atomic mass is 127. The SMILES string of the molecule is CN=C(NCCCCSC)NCCc1ccn(-c2ccc(F)cc2)n1.I. The largest absolute Gasteiger partial charge is 0.356 e. The summed E-state index contributed by atoms with van der Waals surface area (Å²) in [5, 5.41) is 11.1. The normalized spacial score (nSPS) is 11.1. The highest BCUT2D eigenvalue weighted by Crippen LogP contribution is 2.09. The van der Waals surface area contributed by atoms with E-state index in [1.165, 1.54) is 24.3 Å². The second-order valence-electron chi connectivity index (χ2n) is 5.60. The van der Waals surface area contributed by atoms with E-state index in [0.717, 1.165) is 43.3 Å². The Labute approximate surface area is 176 Å². The summed E-state index contributed by atoms with van der Waals surface area (Å²) in [5.74, 6) is 1.78. The highest BCUT2D eigenvalue weighted by Gasteiger charge is 2.03. The van der Waals surface area contributed by atoms with Gasteiger partial charge in [-0.15, -0.1) is 24.0 Å². The van der Waals surface area contributed by atoms with Gasteiger partial charge in [-0.3, -0.25) is 4.99 Å². The summed E-state index contributed by atoms with van der Waals surface area (Å²) < 4.78 is 14.7. The molecule has 0 spiro atoms. The summed E-state index contributed by atoms with van der Waals surface area (Å²) in [6, 6.07) is 8.28. The molecular formula is C18H27FIN5S. The minimum Gasteiger partial charge on any atom is -0.356 e. The Morgan fingerprint density at radius 3 is 2.58 bits per heavy atom. The number of hydrogen-bond acceptors (Lipinski definition) is 3. The topological polar surface area (TPSA) is 54.2 Å². The van der Waals surface area contributed by atoms with Gasteiger partial charge in [-0.2, -0.15) is 16.9 Å². The number of halogens is 2. The Morgan fingerprint density at radius 2 is 1.88 bits per heavy atom. The second-order valence-corrected chi connectivity index (χ2v) is 6.59. The molecule has 1 aromatic carbocycles. The molecule has 1 heterocycles. The van der Waals surface area contributed by atoms with Crippen LogP contribution in [0.25, 0.3) is 5.69 Å². The van der Waals surface area contributed by atoms with Gasteiger partial charge in [0.15, 0.2) is 5.96 Å². The first-order valence-electron chi connectivity index (χ1n) is 8.47. The Hall–Kier alpha value is -1.29. The molecule has 0 fully saturated rings. The van der Waals surface area contributed by atoms with Crippen LogP contribution in [0.4, 0.5) is 4.39 Å². The Bertz CT molecular complexity index is 660. The maximum atomic E-state index is 13.0. The molecule has 2 rings (SSSR count). The highest BCUT2D eigenvalue weighted by molar-refractivity contribution is 14.0. The molecule has 0 atom stereocenters. The number of aromatic nitrogens is 2. The van der Waals surface area contributed by atoms with Crippen molar-refractivity contribution >= 4 is 41.7 Å². The first kappa shape index (κ1) is 22.8. The van der Waals surface area contributed by atoms with Crippen LogP contribution < -0.4 is 10.6 Å². The molecule has 2 N–H and O–H groups in total. The number of guanidine groups is 1. The molecule has 5 nitrogen and oxygen atoms in total. The molecule has 0 bridgehead atoms. The molecule has 2 aromatic rings. The quantitative estimate of drug-likeness (QED) is 0.244. The predicted octanol–water partition coefficient (Wildman–Crippen LogP) is 3.48. The summed E-state index contributed by atoms with van der Waals surface area (Å²) in [6.07, 6.45) is 7.17. The van der Waals surface area contributed by atoms with Gasteiger partial charge in [0.1, 0.15) is 5.82 Å². The summed E-state index contributed by atoms with van der Waals surface area (Å²) in [4.78, 5) is 4.23. The molecule has 1 aromatic heterocycles. The molecule has 0 aliphatic rings. The number of hydrogen-bond donors (Lipinski definition) is 2. The van der Waals surface area contributed by atoms with Crippen LogP contribution in [0.3, 0.4) is 0 Å². The minimum absolute atomic E-state index is 0. The number of aliphatic imine (C=N–C) groups is 1. The lowest BCUT2D eigenvalue weighted by molar-refractivity contribution is 0.627. The van der Waals surface area contributed by atoms with Gasteiger partial charge in [-0.1, -0.05) is 0 Å². The fourth-order valence-corrected chi connectivity index (χ4v) is 2.83. The number of nitrogens with zero attached hydrogens (tertiary/aromatic N) is 3. The number of unbranched alkanes of at least 4 members (excludes halogenated alkanes) is 1. The second kappa shape index (κ2) is 13.0. The Balaban J connectivity index is 0.00000338. The number of nitrogens with one attached hydrogen (secondary N) is 2. The van der Waals surface area contributed by atoms with Crippen molar-refractivity contribution in [1.82, 2.24) is 20.4 Å². The van der Waals surface area contributed by atoms with E-state index in [-0.39, 0.29) is 29.8 Å². The van der Waals surface area contributed by atoms with E-state index >= 15 is 0 Å². The maximum Gasteiger partial charge on any atom is 0.190 e. The van der Waals surface area contributed by atoms with Crippen LogP contribution in [-0.4, -0.2) is 47.9 Å². The van der Waals surface area contributed by atoms with E-state index in [1.54, 1.807) is 23.9 Å². The van der Waals surface area contributed by atoms with Crippen molar-refractivity contribution in [3.63, 3.8) is 0 Å². The lowest BCUT2D eigenvalue weighted by Gasteiger charge is -2.11. The molecule has 0 aliphatic carbocycles. The molecule has 26 heavy (non-hydrogen) atoms. The van der Waals surface area contributed by atoms with Gasteiger partial charge in [0.05, 0.1) is 11.4 Å². The van der Waals surface area contributed by atoms with E-state index in [9.17, 15) is 4.39 Å². The van der Waals surface area contributed by atoms with Gasteiger partial charge in [0.2, 0.25) is 0 Å². The molecule has 8 heteroatoms. The molecule has 0 amide bonds. The van der Waals surface area contributed by atoms with Crippen LogP contribution in [0.2, 0.25) is 0 Å². The minimum atomic E-state index is -0.243. The first-order chi connectivity index (χ1) is 12.2. The summed E-state index contributed by atoms with van der Waals surface area (Å²) in [5.41, 5.74) is 1.83. The molecule has 144 valence electrons. The summed E-state index contributed by atoms with van der Waals surface area (Å²) in [6.45, 7) is 1.68. The monoisotopic (exact) mass is 491 g/mol. The Morgan fingerprint density at radius 1 is 1.15 bits per heavy atom. The molecule has 0 radical (unpaired) electrons. The fourth-order valence-electron chi connectivity index (χ4n) is 2.34. The van der Waals surface area contributed by atoms with E-state index in [4.69, 9.17) is 0 Å². The number of rotatable bonds is 9. The average Bonchev–Trinajstić information content (AvgIpc) is 3.09. The standard InChI is InChI=1S/C18H26FN5S.HI/c1-20-18(21-11-3-4-14-25-2)22-12-9-16-10-13-24(23-16)17-7-5-15(19)6-8-17;/h5-8,10,13H,3-4,9,11-12,14H2,1-2H3,(H2,20,21,22);1H. The van der Waals surface area contributed by atoms with Crippen molar-refractivity contribution in [1.29, 1.82) is 0 Å². The van der Waals surface area contributed by atoms with Crippen LogP contribution in [0, 0.1) is 5.82 Å². The van der Waals surface area contributed by atoms with Crippen molar-refractivity contribution in [2.24, 2.45) is 4.99 Å². The zero-order valence-corrected chi connectivity index (χ0v) is 18.4. The van der Waals surface area contributed by atoms with E-state index in [0.29, 0.717) is 0 Å². The van der Waals surface area contributed by atoms with Gasteiger partial charge in [0, 0.05) is 32.8 Å². The molecule has 0 aliphatic heterocycles. The lowest BCUT2D eigenvalue weighted by Crippen LogP contribution is -2.38.